The molecule has 0 aliphatic heterocycles. The summed E-state index contributed by atoms with van der Waals surface area (Å²) in [4.78, 5) is 12.8. The number of carbonyl (C=O) groups is 1. The minimum Gasteiger partial charge on any atom is -0.391 e. The largest absolute Gasteiger partial charge is 0.391 e. The zero-order chi connectivity index (χ0) is 21.3. The van der Waals surface area contributed by atoms with Gasteiger partial charge in [0.25, 0.3) is 0 Å². The summed E-state index contributed by atoms with van der Waals surface area (Å²) < 4.78 is 14.0. The minimum absolute atomic E-state index is 0.177. The Morgan fingerprint density at radius 1 is 1.07 bits per heavy atom. The number of rotatable bonds is 11. The lowest BCUT2D eigenvalue weighted by atomic mass is 9.88. The number of hydrogen-bond donors (Lipinski definition) is 3. The fraction of sp³-hybridized carbons (Fsp3) is 0.458. The van der Waals surface area contributed by atoms with Crippen LogP contribution in [0.2, 0.25) is 0 Å². The molecule has 2 aromatic carbocycles. The quantitative estimate of drug-likeness (QED) is 0.537. The number of nitrogens with two attached hydrogens (primary N) is 1. The Kier molecular flexibility index (Phi) is 8.80. The first kappa shape index (κ1) is 23.0. The van der Waals surface area contributed by atoms with E-state index >= 15 is 0 Å². The number of benzene rings is 2. The molecule has 3 atom stereocenters. The van der Waals surface area contributed by atoms with Crippen molar-refractivity contribution in [2.75, 3.05) is 0 Å². The molecule has 29 heavy (non-hydrogen) atoms. The van der Waals surface area contributed by atoms with E-state index in [-0.39, 0.29) is 18.7 Å². The lowest BCUT2D eigenvalue weighted by Crippen LogP contribution is -2.41. The second-order valence-electron chi connectivity index (χ2n) is 8.31. The second-order valence-corrected chi connectivity index (χ2v) is 8.31. The van der Waals surface area contributed by atoms with Crippen molar-refractivity contribution in [2.24, 2.45) is 11.7 Å². The molecular formula is C24H33FN2O2. The fourth-order valence-electron chi connectivity index (χ4n) is 3.29. The molecule has 0 heterocycles. The summed E-state index contributed by atoms with van der Waals surface area (Å²) in [6.45, 7) is 3.41. The Hall–Kier alpha value is -2.24. The maximum atomic E-state index is 14.0. The number of halogens is 1. The fourth-order valence-corrected chi connectivity index (χ4v) is 3.29. The van der Waals surface area contributed by atoms with Gasteiger partial charge in [-0.05, 0) is 50.7 Å². The number of amides is 1. The van der Waals surface area contributed by atoms with E-state index in [0.717, 1.165) is 11.1 Å². The van der Waals surface area contributed by atoms with E-state index < -0.39 is 23.7 Å². The second kappa shape index (κ2) is 11.1. The van der Waals surface area contributed by atoms with Crippen molar-refractivity contribution in [1.82, 2.24) is 5.32 Å². The van der Waals surface area contributed by atoms with Gasteiger partial charge in [-0.1, -0.05) is 60.7 Å². The molecule has 0 aliphatic rings. The molecule has 1 amide bonds. The van der Waals surface area contributed by atoms with Gasteiger partial charge in [0.2, 0.25) is 5.91 Å². The summed E-state index contributed by atoms with van der Waals surface area (Å²) in [5.41, 5.74) is 6.85. The summed E-state index contributed by atoms with van der Waals surface area (Å²) in [7, 11) is 0. The number of alkyl halides is 1. The van der Waals surface area contributed by atoms with Gasteiger partial charge in [-0.25, -0.2) is 4.39 Å². The molecule has 0 spiro atoms. The number of carbonyl (C=O) groups excluding carboxylic acids is 1. The van der Waals surface area contributed by atoms with Crippen LogP contribution in [0.5, 0.6) is 0 Å². The molecule has 4 nitrogen and oxygen atoms in total. The first-order valence-corrected chi connectivity index (χ1v) is 10.2. The highest BCUT2D eigenvalue weighted by Crippen LogP contribution is 2.24. The van der Waals surface area contributed by atoms with Crippen molar-refractivity contribution >= 4 is 5.91 Å². The average molecular weight is 401 g/mol. The third-order valence-electron chi connectivity index (χ3n) is 5.10. The molecule has 0 bridgehead atoms. The molecule has 2 aromatic rings. The predicted molar refractivity (Wildman–Crippen MR) is 115 cm³/mol. The van der Waals surface area contributed by atoms with Gasteiger partial charge in [0.1, 0.15) is 5.67 Å². The lowest BCUT2D eigenvalue weighted by Gasteiger charge is -2.25. The Morgan fingerprint density at radius 2 is 1.62 bits per heavy atom. The van der Waals surface area contributed by atoms with Crippen LogP contribution in [0.1, 0.15) is 44.2 Å². The van der Waals surface area contributed by atoms with Crippen molar-refractivity contribution in [3.05, 3.63) is 71.8 Å². The first-order valence-electron chi connectivity index (χ1n) is 10.2. The predicted octanol–water partition coefficient (Wildman–Crippen LogP) is 3.77. The molecule has 2 rings (SSSR count). The maximum Gasteiger partial charge on any atom is 0.223 e. The third kappa shape index (κ3) is 8.75. The molecule has 4 N–H and O–H groups in total. The Morgan fingerprint density at radius 3 is 2.17 bits per heavy atom. The van der Waals surface area contributed by atoms with E-state index in [9.17, 15) is 14.3 Å². The standard InChI is InChI=1S/C24H33FN2O2/c1-24(2,25)14-13-20(23(29)27-17-19-11-7-4-8-12-19)16-22(28)21(26)15-18-9-5-3-6-10-18/h3-12,20-22,28H,13-17,26H2,1-2H3,(H,27,29)/t20-,21+,22+/m1/s1. The van der Waals surface area contributed by atoms with Crippen LogP contribution in [0, 0.1) is 5.92 Å². The smallest absolute Gasteiger partial charge is 0.223 e. The lowest BCUT2D eigenvalue weighted by molar-refractivity contribution is -0.126. The van der Waals surface area contributed by atoms with Crippen LogP contribution < -0.4 is 11.1 Å². The van der Waals surface area contributed by atoms with Crippen LogP contribution in [-0.2, 0) is 17.8 Å². The van der Waals surface area contributed by atoms with Crippen LogP contribution in [-0.4, -0.2) is 28.8 Å². The van der Waals surface area contributed by atoms with Crippen molar-refractivity contribution < 1.29 is 14.3 Å². The molecule has 0 fully saturated rings. The summed E-state index contributed by atoms with van der Waals surface area (Å²) in [5, 5.41) is 13.5. The van der Waals surface area contributed by atoms with Gasteiger partial charge in [0, 0.05) is 18.5 Å². The van der Waals surface area contributed by atoms with Gasteiger partial charge < -0.3 is 16.2 Å². The van der Waals surface area contributed by atoms with E-state index in [1.807, 2.05) is 60.7 Å². The van der Waals surface area contributed by atoms with Gasteiger partial charge in [0.15, 0.2) is 0 Å². The molecule has 0 aliphatic carbocycles. The average Bonchev–Trinajstić information content (AvgIpc) is 2.70. The van der Waals surface area contributed by atoms with E-state index in [2.05, 4.69) is 5.32 Å². The van der Waals surface area contributed by atoms with Crippen molar-refractivity contribution in [1.29, 1.82) is 0 Å². The van der Waals surface area contributed by atoms with Crippen molar-refractivity contribution in [2.45, 2.75) is 63.9 Å². The molecule has 0 saturated heterocycles. The summed E-state index contributed by atoms with van der Waals surface area (Å²) >= 11 is 0. The maximum absolute atomic E-state index is 14.0. The normalized spacial score (nSPS) is 14.8. The van der Waals surface area contributed by atoms with Crippen LogP contribution in [0.25, 0.3) is 0 Å². The molecule has 5 heteroatoms. The third-order valence-corrected chi connectivity index (χ3v) is 5.10. The number of hydrogen-bond acceptors (Lipinski definition) is 3. The number of nitrogens with one attached hydrogen (secondary N) is 1. The monoisotopic (exact) mass is 400 g/mol. The molecule has 0 saturated carbocycles. The van der Waals surface area contributed by atoms with E-state index in [4.69, 9.17) is 5.73 Å². The highest BCUT2D eigenvalue weighted by atomic mass is 19.1. The van der Waals surface area contributed by atoms with Gasteiger partial charge >= 0.3 is 0 Å². The molecule has 0 aromatic heterocycles. The van der Waals surface area contributed by atoms with Crippen LogP contribution in [0.4, 0.5) is 4.39 Å². The topological polar surface area (TPSA) is 75.3 Å². The Balaban J connectivity index is 1.96. The highest BCUT2D eigenvalue weighted by Gasteiger charge is 2.28. The van der Waals surface area contributed by atoms with Crippen molar-refractivity contribution in [3.8, 4) is 0 Å². The number of aliphatic hydroxyl groups excluding tert-OH is 1. The summed E-state index contributed by atoms with van der Waals surface area (Å²) in [6.07, 6.45) is 0.501. The van der Waals surface area contributed by atoms with Crippen molar-refractivity contribution in [3.63, 3.8) is 0 Å². The Labute approximate surface area is 173 Å². The molecular weight excluding hydrogens is 367 g/mol. The van der Waals surface area contributed by atoms with Gasteiger partial charge in [0.05, 0.1) is 6.10 Å². The van der Waals surface area contributed by atoms with E-state index in [0.29, 0.717) is 19.4 Å². The molecule has 0 unspecified atom stereocenters. The minimum atomic E-state index is -1.37. The molecule has 158 valence electrons. The molecule has 0 radical (unpaired) electrons. The van der Waals surface area contributed by atoms with E-state index in [1.54, 1.807) is 0 Å². The van der Waals surface area contributed by atoms with Gasteiger partial charge in [-0.3, -0.25) is 4.79 Å². The van der Waals surface area contributed by atoms with Gasteiger partial charge in [-0.2, -0.15) is 0 Å². The SMILES string of the molecule is CC(C)(F)CC[C@H](C[C@H](O)[C@@H](N)Cc1ccccc1)C(=O)NCc1ccccc1. The van der Waals surface area contributed by atoms with Gasteiger partial charge in [-0.15, -0.1) is 0 Å². The first-order chi connectivity index (χ1) is 13.7. The Bertz CT molecular complexity index is 732. The summed E-state index contributed by atoms with van der Waals surface area (Å²) in [5.74, 6) is -0.672. The van der Waals surface area contributed by atoms with Crippen LogP contribution >= 0.6 is 0 Å². The van der Waals surface area contributed by atoms with Crippen LogP contribution in [0.15, 0.2) is 60.7 Å². The zero-order valence-electron chi connectivity index (χ0n) is 17.4. The highest BCUT2D eigenvalue weighted by molar-refractivity contribution is 5.78. The van der Waals surface area contributed by atoms with E-state index in [1.165, 1.54) is 13.8 Å². The van der Waals surface area contributed by atoms with Crippen LogP contribution in [0.3, 0.4) is 0 Å². The summed E-state index contributed by atoms with van der Waals surface area (Å²) in [6, 6.07) is 18.8. The number of aliphatic hydroxyl groups is 1. The zero-order valence-corrected chi connectivity index (χ0v) is 17.4.